The minimum absolute atomic E-state index is 0.140. The second kappa shape index (κ2) is 8.52. The van der Waals surface area contributed by atoms with Gasteiger partial charge in [-0.15, -0.1) is 10.2 Å². The Hall–Kier alpha value is -1.74. The molecule has 1 unspecified atom stereocenters. The van der Waals surface area contributed by atoms with Crippen LogP contribution in [0.5, 0.6) is 5.75 Å². The molecule has 27 heavy (non-hydrogen) atoms. The second-order valence-electron chi connectivity index (χ2n) is 5.23. The van der Waals surface area contributed by atoms with Crippen LogP contribution in [0.1, 0.15) is 5.56 Å². The van der Waals surface area contributed by atoms with Gasteiger partial charge in [-0.25, -0.2) is 4.57 Å². The third-order valence-electron chi connectivity index (χ3n) is 3.26. The van der Waals surface area contributed by atoms with Crippen molar-refractivity contribution in [3.63, 3.8) is 0 Å². The second-order valence-corrected chi connectivity index (χ2v) is 8.71. The van der Waals surface area contributed by atoms with E-state index in [1.54, 1.807) is 12.1 Å². The van der Waals surface area contributed by atoms with Crippen LogP contribution >= 0.6 is 35.3 Å². The van der Waals surface area contributed by atoms with E-state index < -0.39 is 13.8 Å². The minimum Gasteiger partial charge on any atom is -0.420 e. The predicted molar refractivity (Wildman–Crippen MR) is 99.9 cm³/mol. The van der Waals surface area contributed by atoms with Crippen molar-refractivity contribution in [1.82, 2.24) is 10.2 Å². The quantitative estimate of drug-likeness (QED) is 0.351. The maximum atomic E-state index is 12.5. The van der Waals surface area contributed by atoms with Gasteiger partial charge in [0.2, 0.25) is 5.89 Å². The standard InChI is InChI=1S/C16H12BrF2N2O4PS/c17-12-8-10(6-7-13(12)25-26(22,23)15(18)19)9-27-16-21-20-14(24-16)11-4-2-1-3-5-11/h1-8,15H,9H2,(H,22,23). The lowest BCUT2D eigenvalue weighted by molar-refractivity contribution is 0.188. The van der Waals surface area contributed by atoms with Crippen LogP contribution in [-0.4, -0.2) is 21.3 Å². The molecule has 1 aromatic heterocycles. The number of rotatable bonds is 7. The van der Waals surface area contributed by atoms with Crippen molar-refractivity contribution < 1.29 is 27.2 Å². The highest BCUT2D eigenvalue weighted by molar-refractivity contribution is 9.10. The molecule has 1 atom stereocenters. The number of thioether (sulfide) groups is 1. The smallest absolute Gasteiger partial charge is 0.420 e. The van der Waals surface area contributed by atoms with Crippen LogP contribution in [0.3, 0.4) is 0 Å². The first-order chi connectivity index (χ1) is 12.8. The van der Waals surface area contributed by atoms with Crippen LogP contribution in [0.25, 0.3) is 11.5 Å². The van der Waals surface area contributed by atoms with E-state index in [2.05, 4.69) is 30.7 Å². The number of halogens is 3. The van der Waals surface area contributed by atoms with E-state index >= 15 is 0 Å². The van der Waals surface area contributed by atoms with Crippen LogP contribution in [0.15, 0.2) is 62.6 Å². The van der Waals surface area contributed by atoms with Gasteiger partial charge in [-0.3, -0.25) is 0 Å². The van der Waals surface area contributed by atoms with Gasteiger partial charge in [-0.2, -0.15) is 8.78 Å². The first kappa shape index (κ1) is 20.0. The van der Waals surface area contributed by atoms with Crippen molar-refractivity contribution in [2.45, 2.75) is 17.1 Å². The molecule has 0 saturated carbocycles. The fraction of sp³-hybridized carbons (Fsp3) is 0.125. The van der Waals surface area contributed by atoms with Crippen molar-refractivity contribution in [1.29, 1.82) is 0 Å². The van der Waals surface area contributed by atoms with Gasteiger partial charge >= 0.3 is 13.8 Å². The van der Waals surface area contributed by atoms with Gasteiger partial charge in [-0.1, -0.05) is 36.0 Å². The lowest BCUT2D eigenvalue weighted by Gasteiger charge is -2.14. The number of alkyl halides is 2. The molecule has 0 radical (unpaired) electrons. The number of nitrogens with zero attached hydrogens (tertiary/aromatic N) is 2. The largest absolute Gasteiger partial charge is 0.442 e. The summed E-state index contributed by atoms with van der Waals surface area (Å²) in [6.45, 7) is 0. The van der Waals surface area contributed by atoms with Crippen LogP contribution < -0.4 is 4.52 Å². The zero-order valence-electron chi connectivity index (χ0n) is 13.5. The van der Waals surface area contributed by atoms with Crippen LogP contribution in [0.2, 0.25) is 0 Å². The van der Waals surface area contributed by atoms with Gasteiger partial charge in [0.15, 0.2) is 0 Å². The van der Waals surface area contributed by atoms with Gasteiger partial charge in [0, 0.05) is 11.3 Å². The average Bonchev–Trinajstić information content (AvgIpc) is 3.11. The third-order valence-corrected chi connectivity index (χ3v) is 5.72. The molecule has 6 nitrogen and oxygen atoms in total. The molecule has 0 aliphatic carbocycles. The van der Waals surface area contributed by atoms with E-state index in [0.717, 1.165) is 11.1 Å². The Kier molecular flexibility index (Phi) is 6.31. The average molecular weight is 477 g/mol. The zero-order valence-corrected chi connectivity index (χ0v) is 16.8. The Morgan fingerprint density at radius 1 is 1.22 bits per heavy atom. The summed E-state index contributed by atoms with van der Waals surface area (Å²) < 4.78 is 46.6. The van der Waals surface area contributed by atoms with Crippen LogP contribution in [-0.2, 0) is 10.3 Å². The third kappa shape index (κ3) is 5.16. The van der Waals surface area contributed by atoms with Crippen molar-refractivity contribution in [2.24, 2.45) is 0 Å². The maximum Gasteiger partial charge on any atom is 0.442 e. The van der Waals surface area contributed by atoms with E-state index in [1.165, 1.54) is 17.8 Å². The van der Waals surface area contributed by atoms with E-state index in [4.69, 9.17) is 9.31 Å². The van der Waals surface area contributed by atoms with Crippen LogP contribution in [0, 0.1) is 0 Å². The van der Waals surface area contributed by atoms with E-state index in [-0.39, 0.29) is 10.2 Å². The molecule has 3 aromatic rings. The van der Waals surface area contributed by atoms with Crippen molar-refractivity contribution in [3.8, 4) is 17.2 Å². The zero-order chi connectivity index (χ0) is 19.4. The van der Waals surface area contributed by atoms with Crippen molar-refractivity contribution in [2.75, 3.05) is 0 Å². The van der Waals surface area contributed by atoms with E-state index in [0.29, 0.717) is 16.9 Å². The Morgan fingerprint density at radius 2 is 1.96 bits per heavy atom. The number of hydrogen-bond acceptors (Lipinski definition) is 6. The molecule has 0 aliphatic rings. The lowest BCUT2D eigenvalue weighted by atomic mass is 10.2. The number of aromatic nitrogens is 2. The van der Waals surface area contributed by atoms with Crippen LogP contribution in [0.4, 0.5) is 8.78 Å². The summed E-state index contributed by atoms with van der Waals surface area (Å²) in [4.78, 5) is 9.12. The molecule has 0 saturated heterocycles. The monoisotopic (exact) mass is 476 g/mol. The summed E-state index contributed by atoms with van der Waals surface area (Å²) in [5.74, 6) is 0.730. The molecule has 0 amide bonds. The molecule has 0 fully saturated rings. The molecular formula is C16H12BrF2N2O4PS. The number of benzene rings is 2. The summed E-state index contributed by atoms with van der Waals surface area (Å²) in [7, 11) is -5.02. The molecular weight excluding hydrogens is 465 g/mol. The molecule has 0 spiro atoms. The Bertz CT molecular complexity index is 974. The van der Waals surface area contributed by atoms with Gasteiger partial charge < -0.3 is 13.8 Å². The summed E-state index contributed by atoms with van der Waals surface area (Å²) in [6.07, 6.45) is -3.48. The maximum absolute atomic E-state index is 12.5. The lowest BCUT2D eigenvalue weighted by Crippen LogP contribution is -2.01. The highest BCUT2D eigenvalue weighted by Gasteiger charge is 2.34. The fourth-order valence-electron chi connectivity index (χ4n) is 2.00. The Morgan fingerprint density at radius 3 is 2.63 bits per heavy atom. The van der Waals surface area contributed by atoms with E-state index in [9.17, 15) is 13.3 Å². The highest BCUT2D eigenvalue weighted by Crippen LogP contribution is 2.50. The molecule has 3 rings (SSSR count). The Balaban J connectivity index is 1.65. The highest BCUT2D eigenvalue weighted by atomic mass is 79.9. The van der Waals surface area contributed by atoms with Crippen molar-refractivity contribution >= 4 is 35.3 Å². The summed E-state index contributed by atoms with van der Waals surface area (Å²) in [5, 5.41) is 8.34. The molecule has 1 heterocycles. The molecule has 0 bridgehead atoms. The Labute approximate surface area is 165 Å². The predicted octanol–water partition coefficient (Wildman–Crippen LogP) is 5.58. The molecule has 11 heteroatoms. The first-order valence-corrected chi connectivity index (χ1v) is 10.9. The molecule has 142 valence electrons. The summed E-state index contributed by atoms with van der Waals surface area (Å²) in [6, 6.07) is 13.9. The SMILES string of the molecule is O=P(O)(Oc1ccc(CSc2nnc(-c3ccccc3)o2)cc1Br)C(F)F. The van der Waals surface area contributed by atoms with Gasteiger partial charge in [0.25, 0.3) is 5.22 Å². The fourth-order valence-corrected chi connectivity index (χ4v) is 3.86. The first-order valence-electron chi connectivity index (χ1n) is 7.45. The molecule has 1 N–H and O–H groups in total. The molecule has 0 aliphatic heterocycles. The minimum atomic E-state index is -5.02. The van der Waals surface area contributed by atoms with Crippen molar-refractivity contribution in [3.05, 3.63) is 58.6 Å². The summed E-state index contributed by atoms with van der Waals surface area (Å²) >= 11 is 4.44. The van der Waals surface area contributed by atoms with Gasteiger partial charge in [-0.05, 0) is 45.8 Å². The van der Waals surface area contributed by atoms with Gasteiger partial charge in [0.05, 0.1) is 4.47 Å². The molecule has 2 aromatic carbocycles. The summed E-state index contributed by atoms with van der Waals surface area (Å²) in [5.41, 5.74) is 1.61. The normalized spacial score (nSPS) is 13.5. The van der Waals surface area contributed by atoms with E-state index in [1.807, 2.05) is 30.3 Å². The van der Waals surface area contributed by atoms with Gasteiger partial charge in [0.1, 0.15) is 5.75 Å². The topological polar surface area (TPSA) is 85.5 Å². The number of hydrogen-bond donors (Lipinski definition) is 1.